The summed E-state index contributed by atoms with van der Waals surface area (Å²) in [4.78, 5) is 16.4. The standard InChI is InChI=1S/C23H21Cl2N7S/c24-14-4-1-5-17(18(14)25)33-22-20(28)31-21(16(12-26)30-22)32-9-6-23(7-10-32)11-15-13(19(23)27)3-2-8-29-15/h1-5,8,19H,6-7,9-11,27H2,(H2,28,31)/t19-/m1/s1. The lowest BCUT2D eigenvalue weighted by molar-refractivity contribution is 0.186. The smallest absolute Gasteiger partial charge is 0.184 e. The van der Waals surface area contributed by atoms with Gasteiger partial charge in [-0.2, -0.15) is 5.26 Å². The number of hydrogen-bond donors (Lipinski definition) is 2. The Morgan fingerprint density at radius 3 is 2.67 bits per heavy atom. The minimum Gasteiger partial charge on any atom is -0.381 e. The molecule has 4 N–H and O–H groups in total. The van der Waals surface area contributed by atoms with E-state index in [-0.39, 0.29) is 23.0 Å². The first kappa shape index (κ1) is 22.2. The molecular formula is C23H21Cl2N7S. The Morgan fingerprint density at radius 1 is 1.15 bits per heavy atom. The molecule has 1 atom stereocenters. The number of pyridine rings is 1. The Morgan fingerprint density at radius 2 is 1.94 bits per heavy atom. The van der Waals surface area contributed by atoms with Gasteiger partial charge in [-0.25, -0.2) is 9.97 Å². The van der Waals surface area contributed by atoms with Gasteiger partial charge in [0, 0.05) is 35.9 Å². The van der Waals surface area contributed by atoms with E-state index in [9.17, 15) is 5.26 Å². The van der Waals surface area contributed by atoms with Gasteiger partial charge < -0.3 is 16.4 Å². The van der Waals surface area contributed by atoms with Gasteiger partial charge in [-0.15, -0.1) is 0 Å². The summed E-state index contributed by atoms with van der Waals surface area (Å²) in [6.07, 6.45) is 4.47. The average molecular weight is 498 g/mol. The van der Waals surface area contributed by atoms with E-state index in [1.807, 2.05) is 18.3 Å². The van der Waals surface area contributed by atoms with Gasteiger partial charge in [0.05, 0.1) is 10.0 Å². The minimum atomic E-state index is -0.0313. The van der Waals surface area contributed by atoms with Crippen LogP contribution >= 0.6 is 35.0 Å². The summed E-state index contributed by atoms with van der Waals surface area (Å²) >= 11 is 13.6. The molecular weight excluding hydrogens is 477 g/mol. The summed E-state index contributed by atoms with van der Waals surface area (Å²) in [5, 5.41) is 11.1. The second kappa shape index (κ2) is 8.65. The first-order valence-electron chi connectivity index (χ1n) is 10.6. The predicted molar refractivity (Wildman–Crippen MR) is 130 cm³/mol. The molecule has 33 heavy (non-hydrogen) atoms. The number of nitrogen functional groups attached to an aromatic ring is 1. The van der Waals surface area contributed by atoms with Crippen molar-refractivity contribution >= 4 is 46.6 Å². The van der Waals surface area contributed by atoms with Crippen molar-refractivity contribution in [1.82, 2.24) is 15.0 Å². The molecule has 1 aliphatic carbocycles. The Hall–Kier alpha value is -2.57. The summed E-state index contributed by atoms with van der Waals surface area (Å²) in [6, 6.07) is 11.5. The number of benzene rings is 1. The lowest BCUT2D eigenvalue weighted by Gasteiger charge is -2.42. The summed E-state index contributed by atoms with van der Waals surface area (Å²) < 4.78 is 0. The maximum atomic E-state index is 9.79. The molecule has 1 fully saturated rings. The van der Waals surface area contributed by atoms with Crippen LogP contribution in [0.5, 0.6) is 0 Å². The Kier molecular flexibility index (Phi) is 5.83. The Balaban J connectivity index is 1.37. The van der Waals surface area contributed by atoms with Crippen LogP contribution in [0.25, 0.3) is 0 Å². The topological polar surface area (TPSA) is 118 Å². The summed E-state index contributed by atoms with van der Waals surface area (Å²) in [7, 11) is 0. The van der Waals surface area contributed by atoms with Crippen molar-refractivity contribution in [1.29, 1.82) is 5.26 Å². The number of anilines is 2. The number of fused-ring (bicyclic) bond motifs is 1. The molecule has 10 heteroatoms. The fourth-order valence-corrected chi connectivity index (χ4v) is 6.08. The molecule has 0 saturated carbocycles. The highest BCUT2D eigenvalue weighted by atomic mass is 35.5. The molecule has 168 valence electrons. The molecule has 0 unspecified atom stereocenters. The molecule has 3 heterocycles. The van der Waals surface area contributed by atoms with Gasteiger partial charge in [0.1, 0.15) is 11.1 Å². The number of nitriles is 1. The zero-order valence-electron chi connectivity index (χ0n) is 17.6. The number of halogens is 2. The summed E-state index contributed by atoms with van der Waals surface area (Å²) in [5.74, 6) is 0.758. The Bertz CT molecular complexity index is 1270. The third kappa shape index (κ3) is 3.89. The average Bonchev–Trinajstić information content (AvgIpc) is 3.09. The molecule has 2 aliphatic rings. The quantitative estimate of drug-likeness (QED) is 0.537. The fraction of sp³-hybridized carbons (Fsp3) is 0.304. The van der Waals surface area contributed by atoms with Crippen molar-refractivity contribution in [3.63, 3.8) is 0 Å². The number of piperidine rings is 1. The third-order valence-electron chi connectivity index (χ3n) is 6.60. The van der Waals surface area contributed by atoms with Gasteiger partial charge >= 0.3 is 0 Å². The number of rotatable bonds is 3. The minimum absolute atomic E-state index is 0.0158. The van der Waals surface area contributed by atoms with E-state index in [0.717, 1.165) is 43.6 Å². The van der Waals surface area contributed by atoms with Crippen LogP contribution in [0.2, 0.25) is 10.0 Å². The number of hydrogen-bond acceptors (Lipinski definition) is 8. The maximum Gasteiger partial charge on any atom is 0.184 e. The van der Waals surface area contributed by atoms with E-state index in [4.69, 9.17) is 34.7 Å². The van der Waals surface area contributed by atoms with Crippen LogP contribution in [-0.2, 0) is 6.42 Å². The fourth-order valence-electron chi connectivity index (χ4n) is 4.77. The van der Waals surface area contributed by atoms with E-state index in [1.165, 1.54) is 11.8 Å². The van der Waals surface area contributed by atoms with Crippen LogP contribution in [0, 0.1) is 16.7 Å². The van der Waals surface area contributed by atoms with Crippen molar-refractivity contribution in [3.05, 3.63) is 63.5 Å². The molecule has 0 bridgehead atoms. The zero-order chi connectivity index (χ0) is 23.2. The molecule has 1 saturated heterocycles. The maximum absolute atomic E-state index is 9.79. The molecule has 5 rings (SSSR count). The van der Waals surface area contributed by atoms with E-state index in [0.29, 0.717) is 25.8 Å². The van der Waals surface area contributed by atoms with Crippen molar-refractivity contribution in [2.45, 2.75) is 35.2 Å². The molecule has 1 spiro atoms. The number of aromatic nitrogens is 3. The van der Waals surface area contributed by atoms with Crippen LogP contribution in [0.3, 0.4) is 0 Å². The summed E-state index contributed by atoms with van der Waals surface area (Å²) in [6.45, 7) is 1.44. The first-order valence-corrected chi connectivity index (χ1v) is 12.1. The van der Waals surface area contributed by atoms with Crippen molar-refractivity contribution < 1.29 is 0 Å². The molecule has 0 radical (unpaired) electrons. The van der Waals surface area contributed by atoms with Crippen LogP contribution < -0.4 is 16.4 Å². The normalized spacial score (nSPS) is 18.8. The predicted octanol–water partition coefficient (Wildman–Crippen LogP) is 4.63. The molecule has 1 aliphatic heterocycles. The van der Waals surface area contributed by atoms with Crippen molar-refractivity contribution in [3.8, 4) is 6.07 Å². The number of nitrogens with zero attached hydrogens (tertiary/aromatic N) is 5. The first-order chi connectivity index (χ1) is 15.9. The molecule has 1 aromatic carbocycles. The summed E-state index contributed by atoms with van der Waals surface area (Å²) in [5.41, 5.74) is 15.4. The van der Waals surface area contributed by atoms with Gasteiger partial charge in [0.25, 0.3) is 0 Å². The van der Waals surface area contributed by atoms with E-state index in [1.54, 1.807) is 12.1 Å². The Labute approximate surface area is 206 Å². The second-order valence-corrected chi connectivity index (χ2v) is 10.2. The van der Waals surface area contributed by atoms with Crippen molar-refractivity contribution in [2.24, 2.45) is 11.1 Å². The SMILES string of the molecule is N#Cc1nc(Sc2cccc(Cl)c2Cl)c(N)nc1N1CCC2(CC1)Cc1ncccc1[C@H]2N. The van der Waals surface area contributed by atoms with Gasteiger partial charge in [-0.05, 0) is 48.4 Å². The number of nitrogens with two attached hydrogens (primary N) is 2. The van der Waals surface area contributed by atoms with Crippen LogP contribution in [0.4, 0.5) is 11.6 Å². The van der Waals surface area contributed by atoms with Gasteiger partial charge in [-0.3, -0.25) is 4.98 Å². The third-order valence-corrected chi connectivity index (χ3v) is 8.58. The largest absolute Gasteiger partial charge is 0.381 e. The van der Waals surface area contributed by atoms with Gasteiger partial charge in [0.15, 0.2) is 17.3 Å². The van der Waals surface area contributed by atoms with Gasteiger partial charge in [0.2, 0.25) is 0 Å². The molecule has 0 amide bonds. The molecule has 3 aromatic rings. The van der Waals surface area contributed by atoms with Crippen LogP contribution in [0.1, 0.15) is 35.8 Å². The van der Waals surface area contributed by atoms with Gasteiger partial charge in [-0.1, -0.05) is 47.1 Å². The highest BCUT2D eigenvalue weighted by molar-refractivity contribution is 7.99. The van der Waals surface area contributed by atoms with Crippen LogP contribution in [-0.4, -0.2) is 28.0 Å². The zero-order valence-corrected chi connectivity index (χ0v) is 20.0. The highest BCUT2D eigenvalue weighted by Gasteiger charge is 2.46. The highest BCUT2D eigenvalue weighted by Crippen LogP contribution is 2.50. The lowest BCUT2D eigenvalue weighted by Crippen LogP contribution is -2.45. The van der Waals surface area contributed by atoms with E-state index >= 15 is 0 Å². The molecule has 7 nitrogen and oxygen atoms in total. The lowest BCUT2D eigenvalue weighted by atomic mass is 9.73. The van der Waals surface area contributed by atoms with Crippen LogP contribution in [0.15, 0.2) is 46.5 Å². The van der Waals surface area contributed by atoms with E-state index < -0.39 is 0 Å². The second-order valence-electron chi connectivity index (χ2n) is 8.40. The van der Waals surface area contributed by atoms with E-state index in [2.05, 4.69) is 32.0 Å². The monoisotopic (exact) mass is 497 g/mol. The molecule has 2 aromatic heterocycles. The van der Waals surface area contributed by atoms with Crippen molar-refractivity contribution in [2.75, 3.05) is 23.7 Å².